The molecule has 1 aliphatic heterocycles. The molecule has 174 valence electrons. The number of piperidine rings is 1. The highest BCUT2D eigenvalue weighted by Gasteiger charge is 2.26. The number of hydrogen-bond acceptors (Lipinski definition) is 3. The molecule has 4 rings (SSSR count). The van der Waals surface area contributed by atoms with Crippen molar-refractivity contribution in [2.75, 3.05) is 20.2 Å². The first kappa shape index (κ1) is 24.8. The van der Waals surface area contributed by atoms with E-state index in [-0.39, 0.29) is 5.78 Å². The maximum absolute atomic E-state index is 13.4. The quantitative estimate of drug-likeness (QED) is 0.313. The summed E-state index contributed by atoms with van der Waals surface area (Å²) in [7, 11) is 1.64. The van der Waals surface area contributed by atoms with Gasteiger partial charge in [0.1, 0.15) is 5.75 Å². The molecule has 0 atom stereocenters. The maximum Gasteiger partial charge on any atom is 0.187 e. The third-order valence-corrected chi connectivity index (χ3v) is 6.98. The van der Waals surface area contributed by atoms with Gasteiger partial charge in [-0.1, -0.05) is 70.7 Å². The van der Waals surface area contributed by atoms with Crippen molar-refractivity contribution in [1.82, 2.24) is 4.90 Å². The molecule has 0 aromatic heterocycles. The molecule has 3 aromatic rings. The molecule has 1 saturated heterocycles. The molecule has 1 fully saturated rings. The fraction of sp³-hybridized carbons (Fsp3) is 0.148. The van der Waals surface area contributed by atoms with E-state index in [2.05, 4.69) is 4.90 Å². The number of Topliss-reactive ketones (excluding diaryl/α,β-unsaturated/α-hetero) is 1. The van der Waals surface area contributed by atoms with Crippen molar-refractivity contribution in [3.63, 3.8) is 0 Å². The Labute approximate surface area is 219 Å². The van der Waals surface area contributed by atoms with E-state index in [0.717, 1.165) is 22.4 Å². The van der Waals surface area contributed by atoms with Gasteiger partial charge in [-0.15, -0.1) is 0 Å². The zero-order chi connectivity index (χ0) is 24.2. The van der Waals surface area contributed by atoms with Gasteiger partial charge >= 0.3 is 0 Å². The lowest BCUT2D eigenvalue weighted by Crippen LogP contribution is -2.37. The summed E-state index contributed by atoms with van der Waals surface area (Å²) in [5.41, 5.74) is 4.10. The van der Waals surface area contributed by atoms with Crippen molar-refractivity contribution in [2.45, 2.75) is 6.54 Å². The fourth-order valence-corrected chi connectivity index (χ4v) is 4.43. The van der Waals surface area contributed by atoms with Gasteiger partial charge in [-0.05, 0) is 65.2 Å². The zero-order valence-corrected chi connectivity index (χ0v) is 21.3. The molecule has 3 aromatic carbocycles. The SMILES string of the molecule is COc1ccc(CN2CC(=Cc3ccc(Cl)c(Cl)c3)C(=O)C(=Cc3ccc(Cl)c(Cl)c3)C2)cc1. The van der Waals surface area contributed by atoms with Gasteiger partial charge in [0.2, 0.25) is 0 Å². The summed E-state index contributed by atoms with van der Waals surface area (Å²) in [6.07, 6.45) is 3.74. The molecule has 0 N–H and O–H groups in total. The molecule has 0 radical (unpaired) electrons. The minimum atomic E-state index is -0.0110. The van der Waals surface area contributed by atoms with E-state index in [0.29, 0.717) is 50.9 Å². The van der Waals surface area contributed by atoms with Gasteiger partial charge in [-0.25, -0.2) is 0 Å². The van der Waals surface area contributed by atoms with Crippen LogP contribution in [0.5, 0.6) is 5.75 Å². The van der Waals surface area contributed by atoms with E-state index in [1.165, 1.54) is 0 Å². The van der Waals surface area contributed by atoms with Crippen LogP contribution >= 0.6 is 46.4 Å². The molecule has 0 bridgehead atoms. The summed E-state index contributed by atoms with van der Waals surface area (Å²) in [6, 6.07) is 18.6. The van der Waals surface area contributed by atoms with Gasteiger partial charge in [0.25, 0.3) is 0 Å². The molecule has 0 amide bonds. The molecular weight excluding hydrogens is 512 g/mol. The molecule has 0 unspecified atom stereocenters. The number of rotatable bonds is 5. The molecule has 1 aliphatic rings. The molecule has 0 saturated carbocycles. The Morgan fingerprint density at radius 3 is 1.71 bits per heavy atom. The van der Waals surface area contributed by atoms with E-state index < -0.39 is 0 Å². The Kier molecular flexibility index (Phi) is 8.02. The number of carbonyl (C=O) groups is 1. The third kappa shape index (κ3) is 6.04. The summed E-state index contributed by atoms with van der Waals surface area (Å²) in [4.78, 5) is 15.6. The smallest absolute Gasteiger partial charge is 0.187 e. The minimum Gasteiger partial charge on any atom is -0.497 e. The number of likely N-dealkylation sites (tertiary alicyclic amines) is 1. The number of ether oxygens (including phenoxy) is 1. The van der Waals surface area contributed by atoms with Crippen molar-refractivity contribution in [3.8, 4) is 5.75 Å². The minimum absolute atomic E-state index is 0.0110. The van der Waals surface area contributed by atoms with Gasteiger partial charge < -0.3 is 4.74 Å². The van der Waals surface area contributed by atoms with E-state index >= 15 is 0 Å². The van der Waals surface area contributed by atoms with Crippen LogP contribution in [0.3, 0.4) is 0 Å². The number of ketones is 1. The van der Waals surface area contributed by atoms with Crippen LogP contribution in [-0.4, -0.2) is 30.9 Å². The summed E-state index contributed by atoms with van der Waals surface area (Å²) in [5.74, 6) is 0.793. The molecule has 7 heteroatoms. The second-order valence-corrected chi connectivity index (χ2v) is 9.64. The van der Waals surface area contributed by atoms with Gasteiger partial charge in [0.05, 0.1) is 27.2 Å². The first-order chi connectivity index (χ1) is 16.3. The normalized spacial score (nSPS) is 16.9. The lowest BCUT2D eigenvalue weighted by molar-refractivity contribution is -0.113. The topological polar surface area (TPSA) is 29.5 Å². The van der Waals surface area contributed by atoms with Crippen LogP contribution in [-0.2, 0) is 11.3 Å². The average Bonchev–Trinajstić information content (AvgIpc) is 2.82. The number of methoxy groups -OCH3 is 1. The van der Waals surface area contributed by atoms with Gasteiger partial charge in [0, 0.05) is 30.8 Å². The van der Waals surface area contributed by atoms with Crippen molar-refractivity contribution in [1.29, 1.82) is 0 Å². The number of benzene rings is 3. The predicted molar refractivity (Wildman–Crippen MR) is 142 cm³/mol. The summed E-state index contributed by atoms with van der Waals surface area (Å²) in [5, 5.41) is 1.84. The molecule has 0 spiro atoms. The largest absolute Gasteiger partial charge is 0.497 e. The van der Waals surface area contributed by atoms with Gasteiger partial charge in [-0.3, -0.25) is 9.69 Å². The first-order valence-electron chi connectivity index (χ1n) is 10.5. The first-order valence-corrected chi connectivity index (χ1v) is 12.0. The Balaban J connectivity index is 1.68. The second kappa shape index (κ2) is 11.0. The van der Waals surface area contributed by atoms with Crippen LogP contribution in [0.4, 0.5) is 0 Å². The predicted octanol–water partition coefficient (Wildman–Crippen LogP) is 7.86. The van der Waals surface area contributed by atoms with Crippen LogP contribution in [0.2, 0.25) is 20.1 Å². The number of carbonyl (C=O) groups excluding carboxylic acids is 1. The van der Waals surface area contributed by atoms with E-state index in [1.54, 1.807) is 31.4 Å². The van der Waals surface area contributed by atoms with Crippen LogP contribution < -0.4 is 4.74 Å². The highest BCUT2D eigenvalue weighted by molar-refractivity contribution is 6.42. The second-order valence-electron chi connectivity index (χ2n) is 8.01. The molecule has 3 nitrogen and oxygen atoms in total. The van der Waals surface area contributed by atoms with Crippen LogP contribution in [0.15, 0.2) is 71.8 Å². The monoisotopic (exact) mass is 531 g/mol. The Bertz CT molecular complexity index is 1210. The number of halogens is 4. The lowest BCUT2D eigenvalue weighted by atomic mass is 9.94. The van der Waals surface area contributed by atoms with E-state index in [4.69, 9.17) is 51.1 Å². The summed E-state index contributed by atoms with van der Waals surface area (Å²) in [6.45, 7) is 1.68. The third-order valence-electron chi connectivity index (χ3n) is 5.51. The van der Waals surface area contributed by atoms with Crippen molar-refractivity contribution in [3.05, 3.63) is 109 Å². The van der Waals surface area contributed by atoms with Crippen molar-refractivity contribution >= 4 is 64.3 Å². The highest BCUT2D eigenvalue weighted by atomic mass is 35.5. The number of hydrogen-bond donors (Lipinski definition) is 0. The van der Waals surface area contributed by atoms with Crippen LogP contribution in [0, 0.1) is 0 Å². The zero-order valence-electron chi connectivity index (χ0n) is 18.3. The average molecular weight is 533 g/mol. The van der Waals surface area contributed by atoms with Crippen LogP contribution in [0.25, 0.3) is 12.2 Å². The molecule has 1 heterocycles. The summed E-state index contributed by atoms with van der Waals surface area (Å²) < 4.78 is 5.26. The highest BCUT2D eigenvalue weighted by Crippen LogP contribution is 2.29. The maximum atomic E-state index is 13.4. The van der Waals surface area contributed by atoms with E-state index in [9.17, 15) is 4.79 Å². The van der Waals surface area contributed by atoms with Gasteiger partial charge in [0.15, 0.2) is 5.78 Å². The van der Waals surface area contributed by atoms with Crippen molar-refractivity contribution < 1.29 is 9.53 Å². The molecule has 0 aliphatic carbocycles. The Hall–Kier alpha value is -2.27. The fourth-order valence-electron chi connectivity index (χ4n) is 3.82. The standard InChI is InChI=1S/C27H21Cl4NO2/c1-34-22-6-2-17(3-7-22)14-32-15-20(10-18-4-8-23(28)25(30)12-18)27(33)21(16-32)11-19-5-9-24(29)26(31)13-19/h2-13H,14-16H2,1H3. The summed E-state index contributed by atoms with van der Waals surface area (Å²) >= 11 is 24.5. The van der Waals surface area contributed by atoms with Crippen molar-refractivity contribution in [2.24, 2.45) is 0 Å². The van der Waals surface area contributed by atoms with E-state index in [1.807, 2.05) is 48.6 Å². The van der Waals surface area contributed by atoms with Gasteiger partial charge in [-0.2, -0.15) is 0 Å². The van der Waals surface area contributed by atoms with Crippen LogP contribution in [0.1, 0.15) is 16.7 Å². The number of nitrogens with zero attached hydrogens (tertiary/aromatic N) is 1. The lowest BCUT2D eigenvalue weighted by Gasteiger charge is -2.30. The molecular formula is C27H21Cl4NO2. The Morgan fingerprint density at radius 2 is 1.26 bits per heavy atom. The molecule has 34 heavy (non-hydrogen) atoms. The Morgan fingerprint density at radius 1 is 0.765 bits per heavy atom.